The largest absolute Gasteiger partial charge is 0.295 e. The van der Waals surface area contributed by atoms with Crippen molar-refractivity contribution in [1.29, 1.82) is 0 Å². The van der Waals surface area contributed by atoms with Crippen molar-refractivity contribution in [3.63, 3.8) is 0 Å². The first-order chi connectivity index (χ1) is 11.2. The average molecular weight is 323 g/mol. The molecule has 0 atom stereocenters. The molecule has 0 radical (unpaired) electrons. The van der Waals surface area contributed by atoms with Crippen LogP contribution in [0, 0.1) is 6.92 Å². The minimum absolute atomic E-state index is 0.490. The Hall–Kier alpha value is -2.80. The van der Waals surface area contributed by atoms with Gasteiger partial charge in [-0.05, 0) is 13.0 Å². The van der Waals surface area contributed by atoms with Crippen molar-refractivity contribution in [2.75, 3.05) is 0 Å². The highest BCUT2D eigenvalue weighted by Gasteiger charge is 2.14. The molecule has 0 spiro atoms. The minimum Gasteiger partial charge on any atom is -0.295 e. The van der Waals surface area contributed by atoms with Crippen LogP contribution in [0.3, 0.4) is 0 Å². The van der Waals surface area contributed by atoms with Crippen molar-refractivity contribution in [3.05, 3.63) is 46.8 Å². The minimum atomic E-state index is 0.490. The number of carbonyl (C=O) groups is 1. The fourth-order valence-corrected chi connectivity index (χ4v) is 3.38. The zero-order valence-electron chi connectivity index (χ0n) is 12.6. The van der Waals surface area contributed by atoms with Gasteiger partial charge in [0.25, 0.3) is 0 Å². The zero-order valence-corrected chi connectivity index (χ0v) is 13.4. The van der Waals surface area contributed by atoms with Crippen molar-refractivity contribution in [2.45, 2.75) is 6.92 Å². The van der Waals surface area contributed by atoms with E-state index in [9.17, 15) is 4.79 Å². The fourth-order valence-electron chi connectivity index (χ4n) is 2.62. The van der Waals surface area contributed by atoms with Crippen LogP contribution in [0.25, 0.3) is 27.9 Å². The third-order valence-electron chi connectivity index (χ3n) is 3.72. The first-order valence-corrected chi connectivity index (χ1v) is 7.87. The first-order valence-electron chi connectivity index (χ1n) is 7.05. The number of aldehydes is 1. The van der Waals surface area contributed by atoms with Crippen molar-refractivity contribution in [2.24, 2.45) is 7.05 Å². The van der Waals surface area contributed by atoms with E-state index in [1.807, 2.05) is 49.2 Å². The highest BCUT2D eigenvalue weighted by Crippen LogP contribution is 2.31. The van der Waals surface area contributed by atoms with Crippen molar-refractivity contribution >= 4 is 23.1 Å². The first kappa shape index (κ1) is 13.8. The smallest absolute Gasteiger partial charge is 0.178 e. The van der Waals surface area contributed by atoms with Crippen LogP contribution in [-0.4, -0.2) is 30.7 Å². The molecule has 114 valence electrons. The molecule has 6 nitrogen and oxygen atoms in total. The lowest BCUT2D eigenvalue weighted by Gasteiger charge is -2.01. The van der Waals surface area contributed by atoms with Gasteiger partial charge in [-0.25, -0.2) is 9.50 Å². The summed E-state index contributed by atoms with van der Waals surface area (Å²) in [6.45, 7) is 1.97. The number of hydrogen-bond donors (Lipinski definition) is 0. The lowest BCUT2D eigenvalue weighted by atomic mass is 10.1. The quantitative estimate of drug-likeness (QED) is 0.544. The Labute approximate surface area is 136 Å². The molecule has 0 saturated heterocycles. The van der Waals surface area contributed by atoms with E-state index in [4.69, 9.17) is 0 Å². The maximum absolute atomic E-state index is 10.9. The Morgan fingerprint density at radius 2 is 2.00 bits per heavy atom. The standard InChI is InChI=1S/C16H13N5OS/c1-10-16(19-15(9-22)23-10)13-6-18-21-8-11(3-4-14(13)21)12-5-17-20(2)7-12/h3-9H,1-2H3. The number of rotatable bonds is 3. The molecule has 0 amide bonds. The molecule has 0 bridgehead atoms. The normalized spacial score (nSPS) is 11.2. The molecule has 23 heavy (non-hydrogen) atoms. The van der Waals surface area contributed by atoms with E-state index < -0.39 is 0 Å². The maximum atomic E-state index is 10.9. The van der Waals surface area contributed by atoms with Crippen molar-refractivity contribution in [1.82, 2.24) is 24.4 Å². The summed E-state index contributed by atoms with van der Waals surface area (Å²) in [5.41, 5.74) is 4.80. The molecule has 0 aliphatic rings. The van der Waals surface area contributed by atoms with Gasteiger partial charge in [-0.1, -0.05) is 6.07 Å². The van der Waals surface area contributed by atoms with E-state index >= 15 is 0 Å². The number of pyridine rings is 1. The van der Waals surface area contributed by atoms with Gasteiger partial charge in [0.2, 0.25) is 0 Å². The van der Waals surface area contributed by atoms with Crippen molar-refractivity contribution < 1.29 is 4.79 Å². The lowest BCUT2D eigenvalue weighted by Crippen LogP contribution is -1.88. The summed E-state index contributed by atoms with van der Waals surface area (Å²) in [6.07, 6.45) is 8.34. The molecular formula is C16H13N5OS. The van der Waals surface area contributed by atoms with Crippen LogP contribution in [-0.2, 0) is 7.05 Å². The van der Waals surface area contributed by atoms with Gasteiger partial charge < -0.3 is 0 Å². The maximum Gasteiger partial charge on any atom is 0.178 e. The van der Waals surface area contributed by atoms with E-state index in [1.165, 1.54) is 11.3 Å². The molecule has 0 fully saturated rings. The summed E-state index contributed by atoms with van der Waals surface area (Å²) in [5.74, 6) is 0. The molecule has 4 heterocycles. The van der Waals surface area contributed by atoms with E-state index in [2.05, 4.69) is 15.2 Å². The number of fused-ring (bicyclic) bond motifs is 1. The Kier molecular flexibility index (Phi) is 3.09. The van der Waals surface area contributed by atoms with Gasteiger partial charge in [0.1, 0.15) is 0 Å². The Morgan fingerprint density at radius 1 is 1.13 bits per heavy atom. The van der Waals surface area contributed by atoms with Crippen LogP contribution in [0.5, 0.6) is 0 Å². The highest BCUT2D eigenvalue weighted by atomic mass is 32.1. The summed E-state index contributed by atoms with van der Waals surface area (Å²) >= 11 is 1.40. The molecule has 0 saturated carbocycles. The predicted molar refractivity (Wildman–Crippen MR) is 88.6 cm³/mol. The molecule has 4 rings (SSSR count). The topological polar surface area (TPSA) is 65.1 Å². The Morgan fingerprint density at radius 3 is 2.70 bits per heavy atom. The third-order valence-corrected chi connectivity index (χ3v) is 4.62. The fraction of sp³-hybridized carbons (Fsp3) is 0.125. The third kappa shape index (κ3) is 2.25. The van der Waals surface area contributed by atoms with E-state index in [0.717, 1.165) is 39.1 Å². The second-order valence-corrected chi connectivity index (χ2v) is 6.52. The molecule has 0 aromatic carbocycles. The molecular weight excluding hydrogens is 310 g/mol. The Balaban J connectivity index is 1.84. The van der Waals surface area contributed by atoms with Crippen LogP contribution in [0.4, 0.5) is 0 Å². The highest BCUT2D eigenvalue weighted by molar-refractivity contribution is 7.13. The van der Waals surface area contributed by atoms with Gasteiger partial charge in [-0.3, -0.25) is 9.48 Å². The molecule has 0 N–H and O–H groups in total. The lowest BCUT2D eigenvalue weighted by molar-refractivity contribution is 0.112. The van der Waals surface area contributed by atoms with Crippen LogP contribution in [0.15, 0.2) is 36.9 Å². The number of carbonyl (C=O) groups excluding carboxylic acids is 1. The summed E-state index contributed by atoms with van der Waals surface area (Å²) in [5, 5.41) is 9.11. The number of nitrogens with zero attached hydrogens (tertiary/aromatic N) is 5. The molecule has 7 heteroatoms. The predicted octanol–water partition coefficient (Wildman–Crippen LogP) is 2.98. The van der Waals surface area contributed by atoms with E-state index in [0.29, 0.717) is 5.01 Å². The van der Waals surface area contributed by atoms with Crippen LogP contribution in [0.1, 0.15) is 14.7 Å². The van der Waals surface area contributed by atoms with Gasteiger partial charge in [-0.2, -0.15) is 10.2 Å². The van der Waals surface area contributed by atoms with E-state index in [-0.39, 0.29) is 0 Å². The second-order valence-electron chi connectivity index (χ2n) is 5.28. The van der Waals surface area contributed by atoms with Gasteiger partial charge in [0.05, 0.1) is 23.6 Å². The van der Waals surface area contributed by atoms with Gasteiger partial charge in [0, 0.05) is 41.0 Å². The molecule has 4 aromatic heterocycles. The Bertz CT molecular complexity index is 1030. The molecule has 0 aliphatic carbocycles. The summed E-state index contributed by atoms with van der Waals surface area (Å²) in [6, 6.07) is 4.06. The van der Waals surface area contributed by atoms with Crippen LogP contribution < -0.4 is 0 Å². The number of aryl methyl sites for hydroxylation is 2. The average Bonchev–Trinajstić information content (AvgIpc) is 3.24. The number of thiazole rings is 1. The molecule has 0 unspecified atom stereocenters. The van der Waals surface area contributed by atoms with Gasteiger partial charge >= 0.3 is 0 Å². The SMILES string of the molecule is Cc1sc(C=O)nc1-c1cnn2cc(-c3cnn(C)c3)ccc12. The van der Waals surface area contributed by atoms with Gasteiger partial charge in [0.15, 0.2) is 11.3 Å². The monoisotopic (exact) mass is 323 g/mol. The van der Waals surface area contributed by atoms with Crippen LogP contribution >= 0.6 is 11.3 Å². The second kappa shape index (κ2) is 5.13. The number of aromatic nitrogens is 5. The molecule has 0 aliphatic heterocycles. The zero-order chi connectivity index (χ0) is 16.0. The van der Waals surface area contributed by atoms with Gasteiger partial charge in [-0.15, -0.1) is 11.3 Å². The summed E-state index contributed by atoms with van der Waals surface area (Å²) in [4.78, 5) is 16.3. The molecule has 4 aromatic rings. The van der Waals surface area contributed by atoms with Crippen molar-refractivity contribution in [3.8, 4) is 22.4 Å². The number of hydrogen-bond acceptors (Lipinski definition) is 5. The van der Waals surface area contributed by atoms with Crippen LogP contribution in [0.2, 0.25) is 0 Å². The van der Waals surface area contributed by atoms with E-state index in [1.54, 1.807) is 10.9 Å². The summed E-state index contributed by atoms with van der Waals surface area (Å²) in [7, 11) is 1.89. The summed E-state index contributed by atoms with van der Waals surface area (Å²) < 4.78 is 3.60.